The Labute approximate surface area is 434 Å². The summed E-state index contributed by atoms with van der Waals surface area (Å²) < 4.78 is 30.6. The summed E-state index contributed by atoms with van der Waals surface area (Å²) in [5.41, 5.74) is 0. The predicted octanol–water partition coefficient (Wildman–Crippen LogP) is 18.2. The van der Waals surface area contributed by atoms with E-state index in [-0.39, 0.29) is 25.1 Å². The average Bonchev–Trinajstić information content (AvgIpc) is 3.32. The minimum Gasteiger partial charge on any atom is -0.456 e. The Morgan fingerprint density at radius 1 is 0.486 bits per heavy atom. The zero-order valence-corrected chi connectivity index (χ0v) is 48.2. The van der Waals surface area contributed by atoms with Crippen LogP contribution in [0.25, 0.3) is 0 Å². The maximum absolute atomic E-state index is 13.5. The van der Waals surface area contributed by atoms with Gasteiger partial charge in [-0.05, 0) is 57.4 Å². The van der Waals surface area contributed by atoms with Gasteiger partial charge < -0.3 is 19.4 Å². The molecule has 2 N–H and O–H groups in total. The van der Waals surface area contributed by atoms with Crippen LogP contribution in [0, 0.1) is 0 Å². The van der Waals surface area contributed by atoms with Crippen LogP contribution in [0.2, 0.25) is 0 Å². The zero-order chi connectivity index (χ0) is 51.5. The molecule has 0 saturated heterocycles. The van der Waals surface area contributed by atoms with Crippen LogP contribution >= 0.6 is 7.82 Å². The lowest BCUT2D eigenvalue weighted by Gasteiger charge is -2.27. The van der Waals surface area contributed by atoms with Crippen molar-refractivity contribution in [3.8, 4) is 0 Å². The molecule has 0 aromatic rings. The highest BCUT2D eigenvalue weighted by Crippen LogP contribution is 2.43. The van der Waals surface area contributed by atoms with Crippen molar-refractivity contribution in [1.29, 1.82) is 0 Å². The normalized spacial score (nSPS) is 13.9. The molecule has 0 saturated carbocycles. The molecule has 0 aromatic carbocycles. The SMILES string of the molecule is CCCCCCCCC/C=C/CCCCCCCC(=O)NC(COP(=O)(O)OCC[N+](C)(C)C)C(/C=C/CCCCCCCCCCC)OC(=O)CCCCCCCCCCCCCCCCCCC. The van der Waals surface area contributed by atoms with Crippen LogP contribution in [0.4, 0.5) is 0 Å². The Morgan fingerprint density at radius 2 is 0.829 bits per heavy atom. The van der Waals surface area contributed by atoms with Gasteiger partial charge in [0, 0.05) is 12.8 Å². The third-order valence-electron chi connectivity index (χ3n) is 13.6. The van der Waals surface area contributed by atoms with Crippen LogP contribution in [-0.2, 0) is 27.9 Å². The minimum absolute atomic E-state index is 0.0419. The first kappa shape index (κ1) is 68.5. The Bertz CT molecular complexity index is 1250. The maximum atomic E-state index is 13.5. The molecule has 0 aliphatic rings. The number of phosphoric acid groups is 1. The number of ether oxygens (including phenoxy) is 1. The van der Waals surface area contributed by atoms with Crippen LogP contribution in [0.1, 0.15) is 297 Å². The van der Waals surface area contributed by atoms with E-state index in [1.165, 1.54) is 186 Å². The van der Waals surface area contributed by atoms with Gasteiger partial charge >= 0.3 is 13.8 Å². The standard InChI is InChI=1S/C60H117N2O7P/c1-7-10-13-16-19-22-25-27-29-31-33-35-38-41-44-47-50-53-60(64)69-58(51-48-45-42-39-36-24-21-18-15-12-9-3)57(56-68-70(65,66)67-55-54-62(4,5)6)61-59(63)52-49-46-43-40-37-34-32-30-28-26-23-20-17-14-11-8-2/h30,32,48,51,57-58H,7-29,31,33-47,49-50,52-56H2,1-6H3,(H-,61,63,65,66)/p+1/b32-30+,51-48+. The number of quaternary nitrogens is 1. The van der Waals surface area contributed by atoms with E-state index < -0.39 is 20.0 Å². The molecule has 0 rings (SSSR count). The topological polar surface area (TPSA) is 111 Å². The molecule has 0 spiro atoms. The third kappa shape index (κ3) is 51.4. The third-order valence-corrected chi connectivity index (χ3v) is 14.6. The second-order valence-electron chi connectivity index (χ2n) is 21.9. The Balaban J connectivity index is 5.25. The van der Waals surface area contributed by atoms with Gasteiger partial charge in [-0.1, -0.05) is 251 Å². The lowest BCUT2D eigenvalue weighted by Crippen LogP contribution is -2.47. The monoisotopic (exact) mass is 1010 g/mol. The molecule has 1 amide bonds. The molecule has 0 fully saturated rings. The van der Waals surface area contributed by atoms with Crippen LogP contribution in [-0.4, -0.2) is 74.3 Å². The van der Waals surface area contributed by atoms with Gasteiger partial charge in [0.25, 0.3) is 0 Å². The van der Waals surface area contributed by atoms with Gasteiger partial charge in [0.15, 0.2) is 0 Å². The Morgan fingerprint density at radius 3 is 1.21 bits per heavy atom. The molecule has 0 aromatic heterocycles. The molecule has 0 bridgehead atoms. The summed E-state index contributed by atoms with van der Waals surface area (Å²) in [6.07, 6.45) is 58.8. The number of phosphoric ester groups is 1. The highest BCUT2D eigenvalue weighted by Gasteiger charge is 2.30. The van der Waals surface area contributed by atoms with Crippen molar-refractivity contribution in [3.05, 3.63) is 24.3 Å². The molecule has 9 nitrogen and oxygen atoms in total. The highest BCUT2D eigenvalue weighted by atomic mass is 31.2. The number of likely N-dealkylation sites (N-methyl/N-ethyl adjacent to an activating group) is 1. The molecule has 414 valence electrons. The van der Waals surface area contributed by atoms with E-state index in [0.29, 0.717) is 23.9 Å². The van der Waals surface area contributed by atoms with Crippen molar-refractivity contribution in [2.24, 2.45) is 0 Å². The molecule has 10 heteroatoms. The van der Waals surface area contributed by atoms with Crippen molar-refractivity contribution < 1.29 is 37.3 Å². The quantitative estimate of drug-likeness (QED) is 0.0205. The lowest BCUT2D eigenvalue weighted by atomic mass is 10.0. The fourth-order valence-corrected chi connectivity index (χ4v) is 9.67. The summed E-state index contributed by atoms with van der Waals surface area (Å²) in [5, 5.41) is 3.05. The first-order chi connectivity index (χ1) is 33.9. The van der Waals surface area contributed by atoms with E-state index >= 15 is 0 Å². The second kappa shape index (κ2) is 51.0. The Kier molecular flexibility index (Phi) is 49.9. The number of esters is 1. The smallest absolute Gasteiger partial charge is 0.456 e. The molecule has 0 aliphatic heterocycles. The first-order valence-electron chi connectivity index (χ1n) is 30.2. The number of amides is 1. The fraction of sp³-hybridized carbons (Fsp3) is 0.900. The van der Waals surface area contributed by atoms with Gasteiger partial charge in [0.05, 0.1) is 33.8 Å². The molecule has 70 heavy (non-hydrogen) atoms. The number of hydrogen-bond acceptors (Lipinski definition) is 6. The number of allylic oxidation sites excluding steroid dienone is 3. The largest absolute Gasteiger partial charge is 0.472 e. The molecule has 3 atom stereocenters. The van der Waals surface area contributed by atoms with Crippen molar-refractivity contribution in [2.45, 2.75) is 309 Å². The van der Waals surface area contributed by atoms with E-state index in [1.54, 1.807) is 0 Å². The number of carbonyl (C=O) groups is 2. The summed E-state index contributed by atoms with van der Waals surface area (Å²) in [6, 6.07) is -0.846. The van der Waals surface area contributed by atoms with Crippen molar-refractivity contribution in [3.63, 3.8) is 0 Å². The van der Waals surface area contributed by atoms with E-state index in [0.717, 1.165) is 77.0 Å². The van der Waals surface area contributed by atoms with Gasteiger partial charge in [-0.2, -0.15) is 0 Å². The number of nitrogens with one attached hydrogen (secondary N) is 1. The van der Waals surface area contributed by atoms with Gasteiger partial charge in [0.2, 0.25) is 5.91 Å². The predicted molar refractivity (Wildman–Crippen MR) is 300 cm³/mol. The average molecular weight is 1010 g/mol. The highest BCUT2D eigenvalue weighted by molar-refractivity contribution is 7.47. The van der Waals surface area contributed by atoms with Crippen molar-refractivity contribution in [1.82, 2.24) is 5.32 Å². The fourth-order valence-electron chi connectivity index (χ4n) is 8.94. The number of hydrogen-bond donors (Lipinski definition) is 2. The summed E-state index contributed by atoms with van der Waals surface area (Å²) >= 11 is 0. The molecular weight excluding hydrogens is 892 g/mol. The van der Waals surface area contributed by atoms with Gasteiger partial charge in [-0.3, -0.25) is 18.6 Å². The summed E-state index contributed by atoms with van der Waals surface area (Å²) in [7, 11) is 1.50. The number of carbonyl (C=O) groups excluding carboxylic acids is 2. The van der Waals surface area contributed by atoms with Gasteiger partial charge in [-0.15, -0.1) is 0 Å². The van der Waals surface area contributed by atoms with Crippen LogP contribution in [0.5, 0.6) is 0 Å². The Hall–Kier alpha value is -1.51. The first-order valence-corrected chi connectivity index (χ1v) is 31.7. The van der Waals surface area contributed by atoms with E-state index in [9.17, 15) is 19.0 Å². The molecule has 0 heterocycles. The van der Waals surface area contributed by atoms with E-state index in [2.05, 4.69) is 38.2 Å². The van der Waals surface area contributed by atoms with Gasteiger partial charge in [0.1, 0.15) is 19.3 Å². The molecule has 3 unspecified atom stereocenters. The second-order valence-corrected chi connectivity index (χ2v) is 23.3. The van der Waals surface area contributed by atoms with Crippen LogP contribution < -0.4 is 5.32 Å². The zero-order valence-electron chi connectivity index (χ0n) is 47.3. The van der Waals surface area contributed by atoms with Crippen molar-refractivity contribution >= 4 is 19.7 Å². The van der Waals surface area contributed by atoms with E-state index in [1.807, 2.05) is 33.3 Å². The number of rotatable bonds is 55. The minimum atomic E-state index is -4.44. The number of nitrogens with zero attached hydrogens (tertiary/aromatic N) is 1. The summed E-state index contributed by atoms with van der Waals surface area (Å²) in [6.45, 7) is 7.03. The number of unbranched alkanes of at least 4 members (excludes halogenated alkanes) is 37. The molecule has 0 radical (unpaired) electrons. The molecular formula is C60H118N2O7P+. The van der Waals surface area contributed by atoms with Crippen LogP contribution in [0.3, 0.4) is 0 Å². The van der Waals surface area contributed by atoms with E-state index in [4.69, 9.17) is 13.8 Å². The summed E-state index contributed by atoms with van der Waals surface area (Å²) in [5.74, 6) is -0.501. The summed E-state index contributed by atoms with van der Waals surface area (Å²) in [4.78, 5) is 37.6. The maximum Gasteiger partial charge on any atom is 0.472 e. The lowest BCUT2D eigenvalue weighted by molar-refractivity contribution is -0.870. The molecule has 0 aliphatic carbocycles. The van der Waals surface area contributed by atoms with Crippen LogP contribution in [0.15, 0.2) is 24.3 Å². The van der Waals surface area contributed by atoms with Gasteiger partial charge in [-0.25, -0.2) is 4.57 Å². The van der Waals surface area contributed by atoms with Crippen molar-refractivity contribution in [2.75, 3.05) is 40.9 Å².